The highest BCUT2D eigenvalue weighted by Crippen LogP contribution is 2.18. The van der Waals surface area contributed by atoms with Crippen molar-refractivity contribution in [2.45, 2.75) is 19.5 Å². The fraction of sp³-hybridized carbons (Fsp3) is 0.438. The van der Waals surface area contributed by atoms with Gasteiger partial charge in [-0.05, 0) is 12.5 Å². The highest BCUT2D eigenvalue weighted by molar-refractivity contribution is 5.16. The van der Waals surface area contributed by atoms with Gasteiger partial charge >= 0.3 is 0 Å². The molecule has 1 unspecified atom stereocenters. The molecular formula is C16H22N4. The van der Waals surface area contributed by atoms with Crippen LogP contribution in [0.1, 0.15) is 24.2 Å². The van der Waals surface area contributed by atoms with Gasteiger partial charge in [-0.2, -0.15) is 0 Å². The maximum absolute atomic E-state index is 4.59. The van der Waals surface area contributed by atoms with Crippen LogP contribution in [-0.4, -0.2) is 40.6 Å². The third kappa shape index (κ3) is 3.08. The molecule has 4 heteroatoms. The summed E-state index contributed by atoms with van der Waals surface area (Å²) in [7, 11) is 0. The number of piperazine rings is 1. The molecule has 0 bridgehead atoms. The van der Waals surface area contributed by atoms with Gasteiger partial charge in [-0.15, -0.1) is 0 Å². The molecule has 3 rings (SSSR count). The topological polar surface area (TPSA) is 33.1 Å². The van der Waals surface area contributed by atoms with Gasteiger partial charge in [0.25, 0.3) is 0 Å². The van der Waals surface area contributed by atoms with Crippen LogP contribution in [0.5, 0.6) is 0 Å². The normalized spacial score (nSPS) is 18.1. The molecule has 1 aromatic heterocycles. The minimum absolute atomic E-state index is 0.397. The van der Waals surface area contributed by atoms with E-state index >= 15 is 0 Å². The van der Waals surface area contributed by atoms with E-state index in [1.807, 2.05) is 6.33 Å². The SMILES string of the molecule is CC(c1cn(Cc2ccccc2)cn1)N1CCNCC1. The average Bonchev–Trinajstić information content (AvgIpc) is 2.97. The first-order valence-corrected chi connectivity index (χ1v) is 7.33. The fourth-order valence-corrected chi connectivity index (χ4v) is 2.73. The molecule has 1 aliphatic rings. The molecule has 1 N–H and O–H groups in total. The van der Waals surface area contributed by atoms with E-state index in [2.05, 4.69) is 63.2 Å². The van der Waals surface area contributed by atoms with Gasteiger partial charge in [0.1, 0.15) is 0 Å². The number of nitrogens with zero attached hydrogens (tertiary/aromatic N) is 3. The molecule has 2 heterocycles. The Balaban J connectivity index is 1.66. The lowest BCUT2D eigenvalue weighted by molar-refractivity contribution is 0.183. The van der Waals surface area contributed by atoms with Crippen LogP contribution in [0.25, 0.3) is 0 Å². The smallest absolute Gasteiger partial charge is 0.0953 e. The zero-order valence-corrected chi connectivity index (χ0v) is 12.0. The minimum atomic E-state index is 0.397. The molecule has 1 atom stereocenters. The van der Waals surface area contributed by atoms with Crippen LogP contribution in [0.3, 0.4) is 0 Å². The Kier molecular flexibility index (Phi) is 4.14. The predicted molar refractivity (Wildman–Crippen MR) is 80.6 cm³/mol. The molecule has 0 radical (unpaired) electrons. The van der Waals surface area contributed by atoms with E-state index in [9.17, 15) is 0 Å². The second kappa shape index (κ2) is 6.20. The van der Waals surface area contributed by atoms with Gasteiger partial charge in [-0.3, -0.25) is 4.90 Å². The third-order valence-corrected chi connectivity index (χ3v) is 3.99. The molecule has 0 amide bonds. The Morgan fingerprint density at radius 3 is 2.70 bits per heavy atom. The van der Waals surface area contributed by atoms with E-state index in [1.54, 1.807) is 0 Å². The second-order valence-corrected chi connectivity index (χ2v) is 5.42. The molecule has 0 saturated carbocycles. The first-order chi connectivity index (χ1) is 9.83. The molecule has 20 heavy (non-hydrogen) atoms. The van der Waals surface area contributed by atoms with Crippen LogP contribution in [0.4, 0.5) is 0 Å². The van der Waals surface area contributed by atoms with Gasteiger partial charge in [0.05, 0.1) is 18.1 Å². The molecule has 0 spiro atoms. The summed E-state index contributed by atoms with van der Waals surface area (Å²) in [6.45, 7) is 7.51. The number of benzene rings is 1. The lowest BCUT2D eigenvalue weighted by Crippen LogP contribution is -2.44. The summed E-state index contributed by atoms with van der Waals surface area (Å²) >= 11 is 0. The van der Waals surface area contributed by atoms with Crippen LogP contribution < -0.4 is 5.32 Å². The summed E-state index contributed by atoms with van der Waals surface area (Å²) in [5, 5.41) is 3.39. The summed E-state index contributed by atoms with van der Waals surface area (Å²) in [6, 6.07) is 10.9. The number of nitrogens with one attached hydrogen (secondary N) is 1. The quantitative estimate of drug-likeness (QED) is 0.921. The van der Waals surface area contributed by atoms with E-state index in [-0.39, 0.29) is 0 Å². The summed E-state index contributed by atoms with van der Waals surface area (Å²) in [6.07, 6.45) is 4.13. The Hall–Kier alpha value is -1.65. The van der Waals surface area contributed by atoms with Gasteiger partial charge in [0, 0.05) is 38.9 Å². The van der Waals surface area contributed by atoms with E-state index in [0.29, 0.717) is 6.04 Å². The van der Waals surface area contributed by atoms with Crippen LogP contribution in [-0.2, 0) is 6.54 Å². The first kappa shape index (κ1) is 13.3. The zero-order chi connectivity index (χ0) is 13.8. The zero-order valence-electron chi connectivity index (χ0n) is 12.0. The molecule has 0 aliphatic carbocycles. The van der Waals surface area contributed by atoms with Gasteiger partial charge in [-0.25, -0.2) is 4.98 Å². The first-order valence-electron chi connectivity index (χ1n) is 7.33. The van der Waals surface area contributed by atoms with Gasteiger partial charge in [0.2, 0.25) is 0 Å². The van der Waals surface area contributed by atoms with Gasteiger partial charge in [0.15, 0.2) is 0 Å². The standard InChI is InChI=1S/C16H22N4/c1-14(20-9-7-17-8-10-20)16-12-19(13-18-16)11-15-5-3-2-4-6-15/h2-6,12-14,17H,7-11H2,1H3. The minimum Gasteiger partial charge on any atom is -0.333 e. The maximum Gasteiger partial charge on any atom is 0.0953 e. The number of hydrogen-bond acceptors (Lipinski definition) is 3. The molecule has 106 valence electrons. The van der Waals surface area contributed by atoms with Crippen molar-refractivity contribution in [2.75, 3.05) is 26.2 Å². The lowest BCUT2D eigenvalue weighted by Gasteiger charge is -2.31. The van der Waals surface area contributed by atoms with Crippen molar-refractivity contribution in [3.05, 3.63) is 54.1 Å². The van der Waals surface area contributed by atoms with E-state index in [4.69, 9.17) is 0 Å². The predicted octanol–water partition coefficient (Wildman–Crippen LogP) is 1.90. The number of aromatic nitrogens is 2. The van der Waals surface area contributed by atoms with Crippen molar-refractivity contribution in [1.82, 2.24) is 19.8 Å². The van der Waals surface area contributed by atoms with Gasteiger partial charge < -0.3 is 9.88 Å². The van der Waals surface area contributed by atoms with Crippen LogP contribution in [0.2, 0.25) is 0 Å². The summed E-state index contributed by atoms with van der Waals surface area (Å²) < 4.78 is 2.17. The maximum atomic E-state index is 4.59. The van der Waals surface area contributed by atoms with Crippen molar-refractivity contribution in [3.8, 4) is 0 Å². The lowest BCUT2D eigenvalue weighted by atomic mass is 10.2. The number of rotatable bonds is 4. The van der Waals surface area contributed by atoms with Crippen molar-refractivity contribution in [3.63, 3.8) is 0 Å². The summed E-state index contributed by atoms with van der Waals surface area (Å²) in [5.74, 6) is 0. The van der Waals surface area contributed by atoms with Crippen LogP contribution in [0.15, 0.2) is 42.9 Å². The molecule has 1 fully saturated rings. The molecule has 1 saturated heterocycles. The van der Waals surface area contributed by atoms with E-state index in [0.717, 1.165) is 32.7 Å². The molecule has 1 aromatic carbocycles. The van der Waals surface area contributed by atoms with Gasteiger partial charge in [-0.1, -0.05) is 30.3 Å². The highest BCUT2D eigenvalue weighted by atomic mass is 15.2. The van der Waals surface area contributed by atoms with E-state index < -0.39 is 0 Å². The highest BCUT2D eigenvalue weighted by Gasteiger charge is 2.19. The summed E-state index contributed by atoms with van der Waals surface area (Å²) in [5.41, 5.74) is 2.48. The Bertz CT molecular complexity index is 528. The van der Waals surface area contributed by atoms with Crippen molar-refractivity contribution in [2.24, 2.45) is 0 Å². The molecular weight excluding hydrogens is 248 g/mol. The molecule has 2 aromatic rings. The van der Waals surface area contributed by atoms with Crippen molar-refractivity contribution < 1.29 is 0 Å². The number of hydrogen-bond donors (Lipinski definition) is 1. The Labute approximate surface area is 120 Å². The van der Waals surface area contributed by atoms with Crippen LogP contribution >= 0.6 is 0 Å². The molecule has 1 aliphatic heterocycles. The Morgan fingerprint density at radius 2 is 1.95 bits per heavy atom. The second-order valence-electron chi connectivity index (χ2n) is 5.42. The summed E-state index contributed by atoms with van der Waals surface area (Å²) in [4.78, 5) is 7.08. The average molecular weight is 270 g/mol. The van der Waals surface area contributed by atoms with E-state index in [1.165, 1.54) is 11.3 Å². The monoisotopic (exact) mass is 270 g/mol. The largest absolute Gasteiger partial charge is 0.333 e. The Morgan fingerprint density at radius 1 is 1.20 bits per heavy atom. The number of imidazole rings is 1. The van der Waals surface area contributed by atoms with Crippen molar-refractivity contribution in [1.29, 1.82) is 0 Å². The van der Waals surface area contributed by atoms with Crippen molar-refractivity contribution >= 4 is 0 Å². The molecule has 4 nitrogen and oxygen atoms in total. The fourth-order valence-electron chi connectivity index (χ4n) is 2.73. The van der Waals surface area contributed by atoms with Crippen LogP contribution in [0, 0.1) is 0 Å². The third-order valence-electron chi connectivity index (χ3n) is 3.99.